The van der Waals surface area contributed by atoms with Gasteiger partial charge in [0.25, 0.3) is 0 Å². The highest BCUT2D eigenvalue weighted by molar-refractivity contribution is 8.00. The first kappa shape index (κ1) is 12.0. The highest BCUT2D eigenvalue weighted by Gasteiger charge is 2.06. The van der Waals surface area contributed by atoms with Gasteiger partial charge in [0.2, 0.25) is 0 Å². The zero-order chi connectivity index (χ0) is 12.1. The second-order valence-corrected chi connectivity index (χ2v) is 4.74. The molecule has 17 heavy (non-hydrogen) atoms. The standard InChI is InChI=1S/C13H14N2OS/c1-2-5-10(16)8-17-13-11-6-3-4-7-12(11)14-9-15-13/h3-4,6-7,9H,2,5,8H2,1H3. The second kappa shape index (κ2) is 5.77. The van der Waals surface area contributed by atoms with Crippen LogP contribution in [0.5, 0.6) is 0 Å². The maximum atomic E-state index is 11.5. The van der Waals surface area contributed by atoms with E-state index in [2.05, 4.69) is 9.97 Å². The number of fused-ring (bicyclic) bond motifs is 1. The lowest BCUT2D eigenvalue weighted by Crippen LogP contribution is -2.00. The van der Waals surface area contributed by atoms with E-state index in [1.807, 2.05) is 31.2 Å². The molecular formula is C13H14N2OS. The molecule has 4 heteroatoms. The molecule has 0 aliphatic rings. The van der Waals surface area contributed by atoms with E-state index >= 15 is 0 Å². The Hall–Kier alpha value is -1.42. The van der Waals surface area contributed by atoms with E-state index in [4.69, 9.17) is 0 Å². The van der Waals surface area contributed by atoms with Gasteiger partial charge in [-0.15, -0.1) is 0 Å². The van der Waals surface area contributed by atoms with Crippen LogP contribution >= 0.6 is 11.8 Å². The van der Waals surface area contributed by atoms with Crippen LogP contribution in [0.2, 0.25) is 0 Å². The van der Waals surface area contributed by atoms with Crippen molar-refractivity contribution in [2.75, 3.05) is 5.75 Å². The molecule has 0 bridgehead atoms. The molecule has 0 aliphatic heterocycles. The Morgan fingerprint density at radius 2 is 2.12 bits per heavy atom. The number of aromatic nitrogens is 2. The molecule has 1 aromatic heterocycles. The van der Waals surface area contributed by atoms with Gasteiger partial charge in [-0.1, -0.05) is 36.9 Å². The predicted molar refractivity (Wildman–Crippen MR) is 70.2 cm³/mol. The van der Waals surface area contributed by atoms with E-state index in [1.165, 1.54) is 11.8 Å². The molecule has 0 atom stereocenters. The molecule has 1 heterocycles. The summed E-state index contributed by atoms with van der Waals surface area (Å²) in [4.78, 5) is 19.9. The third-order valence-corrected chi connectivity index (χ3v) is 3.47. The number of hydrogen-bond acceptors (Lipinski definition) is 4. The van der Waals surface area contributed by atoms with Crippen molar-refractivity contribution < 1.29 is 4.79 Å². The van der Waals surface area contributed by atoms with Crippen LogP contribution in [-0.4, -0.2) is 21.5 Å². The highest BCUT2D eigenvalue weighted by atomic mass is 32.2. The molecule has 0 saturated heterocycles. The van der Waals surface area contributed by atoms with E-state index < -0.39 is 0 Å². The van der Waals surface area contributed by atoms with Crippen LogP contribution in [0.4, 0.5) is 0 Å². The van der Waals surface area contributed by atoms with Crippen molar-refractivity contribution >= 4 is 28.4 Å². The van der Waals surface area contributed by atoms with Crippen LogP contribution in [-0.2, 0) is 4.79 Å². The second-order valence-electron chi connectivity index (χ2n) is 3.77. The van der Waals surface area contributed by atoms with Crippen LogP contribution in [0.15, 0.2) is 35.6 Å². The Bertz CT molecular complexity index is 522. The molecule has 0 N–H and O–H groups in total. The molecule has 88 valence electrons. The number of ketones is 1. The van der Waals surface area contributed by atoms with Crippen LogP contribution in [0.25, 0.3) is 10.9 Å². The Morgan fingerprint density at radius 3 is 2.94 bits per heavy atom. The average molecular weight is 246 g/mol. The molecule has 0 aliphatic carbocycles. The van der Waals surface area contributed by atoms with Crippen molar-refractivity contribution in [1.29, 1.82) is 0 Å². The molecule has 1 aromatic carbocycles. The number of benzene rings is 1. The van der Waals surface area contributed by atoms with Crippen LogP contribution < -0.4 is 0 Å². The summed E-state index contributed by atoms with van der Waals surface area (Å²) in [6.45, 7) is 2.02. The average Bonchev–Trinajstić information content (AvgIpc) is 2.36. The number of carbonyl (C=O) groups excluding carboxylic acids is 1. The summed E-state index contributed by atoms with van der Waals surface area (Å²) in [7, 11) is 0. The van der Waals surface area contributed by atoms with Gasteiger partial charge in [-0.3, -0.25) is 4.79 Å². The van der Waals surface area contributed by atoms with Crippen molar-refractivity contribution in [2.45, 2.75) is 24.8 Å². The lowest BCUT2D eigenvalue weighted by molar-refractivity contribution is -0.116. The summed E-state index contributed by atoms with van der Waals surface area (Å²) in [6, 6.07) is 7.85. The fourth-order valence-corrected chi connectivity index (χ4v) is 2.49. The van der Waals surface area contributed by atoms with E-state index in [-0.39, 0.29) is 5.78 Å². The topological polar surface area (TPSA) is 42.9 Å². The fraction of sp³-hybridized carbons (Fsp3) is 0.308. The summed E-state index contributed by atoms with van der Waals surface area (Å²) in [6.07, 6.45) is 3.11. The lowest BCUT2D eigenvalue weighted by atomic mass is 10.2. The van der Waals surface area contributed by atoms with Gasteiger partial charge < -0.3 is 0 Å². The summed E-state index contributed by atoms with van der Waals surface area (Å²) in [5.41, 5.74) is 0.924. The summed E-state index contributed by atoms with van der Waals surface area (Å²) in [5, 5.41) is 1.91. The minimum Gasteiger partial charge on any atom is -0.299 e. The smallest absolute Gasteiger partial charge is 0.143 e. The number of Topliss-reactive ketones (excluding diaryl/α,β-unsaturated/α-hetero) is 1. The monoisotopic (exact) mass is 246 g/mol. The summed E-state index contributed by atoms with van der Waals surface area (Å²) in [5.74, 6) is 0.773. The van der Waals surface area contributed by atoms with Gasteiger partial charge in [-0.05, 0) is 12.5 Å². The normalized spacial score (nSPS) is 10.6. The largest absolute Gasteiger partial charge is 0.299 e. The van der Waals surface area contributed by atoms with Crippen molar-refractivity contribution in [3.05, 3.63) is 30.6 Å². The molecule has 2 aromatic rings. The van der Waals surface area contributed by atoms with Gasteiger partial charge in [0.15, 0.2) is 0 Å². The number of nitrogens with zero attached hydrogens (tertiary/aromatic N) is 2. The number of rotatable bonds is 5. The van der Waals surface area contributed by atoms with Gasteiger partial charge in [0.05, 0.1) is 11.3 Å². The zero-order valence-electron chi connectivity index (χ0n) is 9.72. The first-order valence-corrected chi connectivity index (χ1v) is 6.64. The quantitative estimate of drug-likeness (QED) is 0.600. The summed E-state index contributed by atoms with van der Waals surface area (Å²) >= 11 is 1.50. The zero-order valence-corrected chi connectivity index (χ0v) is 10.5. The lowest BCUT2D eigenvalue weighted by Gasteiger charge is -2.03. The number of thioether (sulfide) groups is 1. The molecule has 0 fully saturated rings. The first-order valence-electron chi connectivity index (χ1n) is 5.65. The van der Waals surface area contributed by atoms with E-state index in [0.717, 1.165) is 22.3 Å². The molecule has 0 amide bonds. The molecule has 0 spiro atoms. The van der Waals surface area contributed by atoms with Crippen molar-refractivity contribution in [1.82, 2.24) is 9.97 Å². The number of hydrogen-bond donors (Lipinski definition) is 0. The van der Waals surface area contributed by atoms with Crippen LogP contribution in [0, 0.1) is 0 Å². The predicted octanol–water partition coefficient (Wildman–Crippen LogP) is 3.09. The van der Waals surface area contributed by atoms with Gasteiger partial charge in [0, 0.05) is 11.8 Å². The third-order valence-electron chi connectivity index (χ3n) is 2.40. The number of para-hydroxylation sites is 1. The van der Waals surface area contributed by atoms with E-state index in [0.29, 0.717) is 12.2 Å². The van der Waals surface area contributed by atoms with Gasteiger partial charge in [-0.2, -0.15) is 0 Å². The minimum absolute atomic E-state index is 0.278. The Labute approximate surface area is 105 Å². The molecular weight excluding hydrogens is 232 g/mol. The van der Waals surface area contributed by atoms with Crippen molar-refractivity contribution in [2.24, 2.45) is 0 Å². The molecule has 3 nitrogen and oxygen atoms in total. The fourth-order valence-electron chi connectivity index (χ4n) is 1.59. The van der Waals surface area contributed by atoms with Crippen molar-refractivity contribution in [3.63, 3.8) is 0 Å². The van der Waals surface area contributed by atoms with Gasteiger partial charge in [-0.25, -0.2) is 9.97 Å². The summed E-state index contributed by atoms with van der Waals surface area (Å²) < 4.78 is 0. The molecule has 0 saturated carbocycles. The highest BCUT2D eigenvalue weighted by Crippen LogP contribution is 2.24. The molecule has 2 rings (SSSR count). The van der Waals surface area contributed by atoms with Crippen LogP contribution in [0.3, 0.4) is 0 Å². The minimum atomic E-state index is 0.278. The van der Waals surface area contributed by atoms with Crippen LogP contribution in [0.1, 0.15) is 19.8 Å². The Kier molecular flexibility index (Phi) is 4.09. The first-order chi connectivity index (χ1) is 8.31. The SMILES string of the molecule is CCCC(=O)CSc1ncnc2ccccc12. The van der Waals surface area contributed by atoms with Gasteiger partial charge >= 0.3 is 0 Å². The third kappa shape index (κ3) is 3.03. The van der Waals surface area contributed by atoms with Crippen molar-refractivity contribution in [3.8, 4) is 0 Å². The molecule has 0 unspecified atom stereocenters. The number of carbonyl (C=O) groups is 1. The van der Waals surface area contributed by atoms with E-state index in [9.17, 15) is 4.79 Å². The maximum Gasteiger partial charge on any atom is 0.143 e. The maximum absolute atomic E-state index is 11.5. The van der Waals surface area contributed by atoms with Gasteiger partial charge in [0.1, 0.15) is 17.1 Å². The van der Waals surface area contributed by atoms with E-state index in [1.54, 1.807) is 6.33 Å². The Morgan fingerprint density at radius 1 is 1.29 bits per heavy atom. The Balaban J connectivity index is 2.16. The molecule has 0 radical (unpaired) electrons.